The van der Waals surface area contributed by atoms with Crippen molar-refractivity contribution >= 4 is 44.8 Å². The van der Waals surface area contributed by atoms with Gasteiger partial charge in [0.25, 0.3) is 0 Å². The fourth-order valence-corrected chi connectivity index (χ4v) is 14.9. The molecule has 2 fully saturated rings. The van der Waals surface area contributed by atoms with Gasteiger partial charge >= 0.3 is 37.9 Å². The van der Waals surface area contributed by atoms with E-state index in [1.165, 1.54) is 30.4 Å². The average Bonchev–Trinajstić information content (AvgIpc) is 3.67. The van der Waals surface area contributed by atoms with Crippen LogP contribution in [0, 0.1) is 31.8 Å². The number of hydrogen-bond acceptors (Lipinski definition) is 3. The van der Waals surface area contributed by atoms with Crippen molar-refractivity contribution in [1.82, 2.24) is 9.55 Å². The van der Waals surface area contributed by atoms with E-state index in [0.29, 0.717) is 0 Å². The quantitative estimate of drug-likeness (QED) is 0.243. The number of halogens is 2. The van der Waals surface area contributed by atoms with Crippen LogP contribution in [-0.2, 0) is 32.0 Å². The molecular weight excluding hydrogens is 719 g/mol. The van der Waals surface area contributed by atoms with E-state index >= 15 is 0 Å². The van der Waals surface area contributed by atoms with Crippen molar-refractivity contribution in [2.75, 3.05) is 13.7 Å². The van der Waals surface area contributed by atoms with Gasteiger partial charge in [0.05, 0.1) is 0 Å². The molecule has 1 N–H and O–H groups in total. The number of hydrogen-bond donors (Lipinski definition) is 1. The molecule has 0 radical (unpaired) electrons. The van der Waals surface area contributed by atoms with E-state index in [1.54, 1.807) is 15.9 Å². The SMILES string of the molecule is CC1=Cc2cccc([Si](C)(C)NC(C)(C)C)c2C1.CC1CC2C=CC=C([Si](C)(C)N(C)C(C)(C)C)C2C1.[CH-]1CCCO1.[CH3-].[Cl][Zr+2][Cl]. The molecule has 1 aromatic rings. The summed E-state index contributed by atoms with van der Waals surface area (Å²) in [5.74, 6) is 2.53. The fourth-order valence-electron chi connectivity index (χ4n) is 7.56. The Bertz CT molecular complexity index is 1170. The summed E-state index contributed by atoms with van der Waals surface area (Å²) >= 11 is -0.826. The zero-order valence-corrected chi connectivity index (χ0v) is 37.7. The Labute approximate surface area is 306 Å². The zero-order valence-electron chi connectivity index (χ0n) is 31.7. The molecule has 1 aliphatic heterocycles. The molecule has 1 saturated carbocycles. The van der Waals surface area contributed by atoms with Crippen LogP contribution in [0.15, 0.2) is 47.2 Å². The third-order valence-electron chi connectivity index (χ3n) is 9.57. The Balaban J connectivity index is 0.000000365. The molecule has 1 saturated heterocycles. The fraction of sp³-hybridized carbons (Fsp3) is 0.632. The van der Waals surface area contributed by atoms with Gasteiger partial charge in [-0.05, 0) is 109 Å². The van der Waals surface area contributed by atoms with Gasteiger partial charge in [0.1, 0.15) is 0 Å². The molecule has 0 aromatic heterocycles. The van der Waals surface area contributed by atoms with Gasteiger partial charge in [0.2, 0.25) is 0 Å². The van der Waals surface area contributed by atoms with E-state index in [9.17, 15) is 0 Å². The molecule has 4 aliphatic rings. The van der Waals surface area contributed by atoms with Crippen molar-refractivity contribution in [3.63, 3.8) is 0 Å². The second kappa shape index (κ2) is 19.0. The van der Waals surface area contributed by atoms with Crippen LogP contribution in [0.4, 0.5) is 0 Å². The molecule has 0 bridgehead atoms. The molecule has 1 heterocycles. The monoisotopic (exact) mass is 782 g/mol. The Morgan fingerprint density at radius 2 is 1.67 bits per heavy atom. The zero-order chi connectivity index (χ0) is 34.2. The normalized spacial score (nSPS) is 22.0. The van der Waals surface area contributed by atoms with Gasteiger partial charge in [-0.1, -0.05) is 92.8 Å². The van der Waals surface area contributed by atoms with Crippen LogP contribution in [0.25, 0.3) is 6.08 Å². The first-order chi connectivity index (χ1) is 20.7. The van der Waals surface area contributed by atoms with E-state index in [2.05, 4.69) is 141 Å². The van der Waals surface area contributed by atoms with Gasteiger partial charge in [-0.3, -0.25) is 0 Å². The molecule has 3 unspecified atom stereocenters. The maximum atomic E-state index is 4.93. The third kappa shape index (κ3) is 13.2. The Morgan fingerprint density at radius 3 is 2.17 bits per heavy atom. The number of nitrogens with one attached hydrogen (secondary N) is 1. The Kier molecular flexibility index (Phi) is 18.3. The van der Waals surface area contributed by atoms with Crippen molar-refractivity contribution in [2.24, 2.45) is 17.8 Å². The molecule has 46 heavy (non-hydrogen) atoms. The van der Waals surface area contributed by atoms with E-state index < -0.39 is 37.3 Å². The summed E-state index contributed by atoms with van der Waals surface area (Å²) in [5, 5.41) is 3.35. The van der Waals surface area contributed by atoms with Crippen LogP contribution >= 0.6 is 17.0 Å². The summed E-state index contributed by atoms with van der Waals surface area (Å²) < 4.78 is 7.49. The van der Waals surface area contributed by atoms with Crippen LogP contribution in [0.1, 0.15) is 92.2 Å². The molecule has 8 heteroatoms. The maximum absolute atomic E-state index is 4.93. The molecular formula is C38H66Cl2N2OSi2Zr. The van der Waals surface area contributed by atoms with Crippen LogP contribution in [-0.4, -0.2) is 45.8 Å². The molecule has 3 nitrogen and oxygen atoms in total. The summed E-state index contributed by atoms with van der Waals surface area (Å²) in [7, 11) is 9.10. The predicted octanol–water partition coefficient (Wildman–Crippen LogP) is 10.9. The molecule has 0 amide bonds. The first kappa shape index (κ1) is 44.2. The van der Waals surface area contributed by atoms with Gasteiger partial charge in [-0.25, -0.2) is 6.61 Å². The van der Waals surface area contributed by atoms with Crippen molar-refractivity contribution in [1.29, 1.82) is 0 Å². The molecule has 3 atom stereocenters. The predicted molar refractivity (Wildman–Crippen MR) is 209 cm³/mol. The minimum atomic E-state index is -1.58. The van der Waals surface area contributed by atoms with E-state index in [1.807, 2.05) is 6.61 Å². The van der Waals surface area contributed by atoms with Crippen LogP contribution in [0.3, 0.4) is 0 Å². The Hall–Kier alpha value is 0.217. The molecule has 5 rings (SSSR count). The van der Waals surface area contributed by atoms with Gasteiger partial charge in [0, 0.05) is 17.7 Å². The molecule has 0 spiro atoms. The first-order valence-corrected chi connectivity index (χ1v) is 29.1. The van der Waals surface area contributed by atoms with Gasteiger partial charge in [0.15, 0.2) is 16.5 Å². The standard InChI is InChI=1S/C17H31NSi.C16H25NSi.C4H7O.CH3.2ClH.Zr/c1-13-11-14-9-8-10-16(15(14)12-13)19(6,7)18(5)17(2,3)4;1-12-10-13-8-7-9-15(14(13)11-12)18(5,6)17-16(2,3)4;1-2-4-5-3-1;;;;/h8-10,13-15H,11-12H2,1-7H3;7-10,17H,11H2,1-6H3;3H,1-2,4H2;1H3;2*1H;/q;;2*-1;;;+4/p-2. The third-order valence-corrected chi connectivity index (χ3v) is 17.1. The summed E-state index contributed by atoms with van der Waals surface area (Å²) in [6.07, 6.45) is 15.9. The number of ether oxygens (including phenoxy) is 1. The van der Waals surface area contributed by atoms with Gasteiger partial charge in [-0.2, -0.15) is 6.42 Å². The van der Waals surface area contributed by atoms with Crippen LogP contribution < -0.4 is 10.2 Å². The summed E-state index contributed by atoms with van der Waals surface area (Å²) in [4.78, 5) is 3.87. The van der Waals surface area contributed by atoms with Crippen LogP contribution in [0.2, 0.25) is 26.2 Å². The van der Waals surface area contributed by atoms with Gasteiger partial charge in [-0.15, -0.1) is 0 Å². The minimum absolute atomic E-state index is 0. The average molecular weight is 785 g/mol. The number of nitrogens with zero attached hydrogens (tertiary/aromatic N) is 1. The van der Waals surface area contributed by atoms with Crippen molar-refractivity contribution in [3.8, 4) is 0 Å². The van der Waals surface area contributed by atoms with E-state index in [-0.39, 0.29) is 18.5 Å². The van der Waals surface area contributed by atoms with Crippen LogP contribution in [0.5, 0.6) is 0 Å². The summed E-state index contributed by atoms with van der Waals surface area (Å²) in [5.41, 5.74) is 4.92. The number of rotatable bonds is 4. The number of allylic oxidation sites excluding steroid dienone is 5. The molecule has 3 aliphatic carbocycles. The molecule has 1 aromatic carbocycles. The second-order valence-corrected chi connectivity index (χ2v) is 28.6. The second-order valence-electron chi connectivity index (χ2n) is 16.4. The van der Waals surface area contributed by atoms with E-state index in [0.717, 1.165) is 37.2 Å². The molecule has 260 valence electrons. The number of fused-ring (bicyclic) bond motifs is 2. The summed E-state index contributed by atoms with van der Waals surface area (Å²) in [6, 6.07) is 6.79. The van der Waals surface area contributed by atoms with Crippen molar-refractivity contribution in [3.05, 3.63) is 72.4 Å². The first-order valence-electron chi connectivity index (χ1n) is 16.9. The summed E-state index contributed by atoms with van der Waals surface area (Å²) in [6.45, 7) is 31.2. The Morgan fingerprint density at radius 1 is 1.04 bits per heavy atom. The topological polar surface area (TPSA) is 24.5 Å². The van der Waals surface area contributed by atoms with Crippen molar-refractivity contribution < 1.29 is 25.6 Å². The van der Waals surface area contributed by atoms with E-state index in [4.69, 9.17) is 21.8 Å². The van der Waals surface area contributed by atoms with Gasteiger partial charge < -0.3 is 21.7 Å². The number of benzene rings is 1. The van der Waals surface area contributed by atoms with Crippen molar-refractivity contribution in [2.45, 2.75) is 125 Å².